The molecule has 2 atom stereocenters. The highest BCUT2D eigenvalue weighted by Gasteiger charge is 2.23. The summed E-state index contributed by atoms with van der Waals surface area (Å²) in [6.07, 6.45) is 3.11. The van der Waals surface area contributed by atoms with Crippen LogP contribution in [0.15, 0.2) is 36.4 Å². The molecule has 1 amide bonds. The SMILES string of the molecule is C[C@@H]1CCNC(=O)OCc2cccc(c2)-c2nn(C3CCCCO3)c3ccc(nc23)O1. The third-order valence-corrected chi connectivity index (χ3v) is 5.67. The minimum atomic E-state index is -0.438. The highest BCUT2D eigenvalue weighted by atomic mass is 16.5. The van der Waals surface area contributed by atoms with E-state index in [2.05, 4.69) is 5.32 Å². The lowest BCUT2D eigenvalue weighted by Gasteiger charge is -2.23. The van der Waals surface area contributed by atoms with E-state index in [0.29, 0.717) is 18.8 Å². The van der Waals surface area contributed by atoms with Gasteiger partial charge in [-0.2, -0.15) is 5.10 Å². The lowest BCUT2D eigenvalue weighted by Crippen LogP contribution is -2.28. The van der Waals surface area contributed by atoms with Crippen LogP contribution in [0.1, 0.15) is 44.4 Å². The highest BCUT2D eigenvalue weighted by Crippen LogP contribution is 2.33. The Morgan fingerprint density at radius 2 is 2.10 bits per heavy atom. The summed E-state index contributed by atoms with van der Waals surface area (Å²) < 4.78 is 19.3. The Morgan fingerprint density at radius 3 is 2.97 bits per heavy atom. The lowest BCUT2D eigenvalue weighted by molar-refractivity contribution is -0.0365. The second-order valence-electron chi connectivity index (χ2n) is 8.05. The number of nitrogens with one attached hydrogen (secondary N) is 1. The van der Waals surface area contributed by atoms with Crippen molar-refractivity contribution in [3.05, 3.63) is 42.0 Å². The largest absolute Gasteiger partial charge is 0.475 e. The van der Waals surface area contributed by atoms with Gasteiger partial charge in [0.15, 0.2) is 6.23 Å². The normalized spacial score (nSPS) is 22.2. The molecule has 8 heteroatoms. The molecular formula is C23H26N4O4. The fourth-order valence-corrected chi connectivity index (χ4v) is 4.05. The van der Waals surface area contributed by atoms with Crippen LogP contribution in [0.5, 0.6) is 5.88 Å². The van der Waals surface area contributed by atoms with Crippen LogP contribution in [0.3, 0.4) is 0 Å². The summed E-state index contributed by atoms with van der Waals surface area (Å²) in [7, 11) is 0. The maximum absolute atomic E-state index is 12.0. The molecule has 4 bridgehead atoms. The lowest BCUT2D eigenvalue weighted by atomic mass is 10.1. The molecule has 2 aliphatic heterocycles. The fraction of sp³-hybridized carbons (Fsp3) is 0.435. The summed E-state index contributed by atoms with van der Waals surface area (Å²) in [6, 6.07) is 11.7. The average molecular weight is 422 g/mol. The molecular weight excluding hydrogens is 396 g/mol. The van der Waals surface area contributed by atoms with E-state index in [-0.39, 0.29) is 18.9 Å². The van der Waals surface area contributed by atoms with E-state index in [4.69, 9.17) is 24.3 Å². The predicted octanol–water partition coefficient (Wildman–Crippen LogP) is 4.19. The summed E-state index contributed by atoms with van der Waals surface area (Å²) in [5.41, 5.74) is 4.27. The number of nitrogens with zero attached hydrogens (tertiary/aromatic N) is 3. The molecule has 1 saturated heterocycles. The number of alkyl carbamates (subject to hydrolysis) is 1. The summed E-state index contributed by atoms with van der Waals surface area (Å²) in [4.78, 5) is 16.8. The van der Waals surface area contributed by atoms with Crippen LogP contribution in [0.25, 0.3) is 22.3 Å². The first-order valence-electron chi connectivity index (χ1n) is 10.8. The maximum atomic E-state index is 12.0. The number of benzene rings is 1. The maximum Gasteiger partial charge on any atom is 0.407 e. The molecule has 8 nitrogen and oxygen atoms in total. The summed E-state index contributed by atoms with van der Waals surface area (Å²) in [5.74, 6) is 0.541. The molecule has 4 heterocycles. The molecule has 3 aromatic rings. The van der Waals surface area contributed by atoms with Gasteiger partial charge < -0.3 is 19.5 Å². The second kappa shape index (κ2) is 8.55. The van der Waals surface area contributed by atoms with Crippen molar-refractivity contribution in [1.82, 2.24) is 20.1 Å². The average Bonchev–Trinajstić information content (AvgIpc) is 3.17. The molecule has 1 fully saturated rings. The predicted molar refractivity (Wildman–Crippen MR) is 115 cm³/mol. The monoisotopic (exact) mass is 422 g/mol. The van der Waals surface area contributed by atoms with Crippen molar-refractivity contribution in [2.45, 2.75) is 51.5 Å². The van der Waals surface area contributed by atoms with Crippen molar-refractivity contribution >= 4 is 17.1 Å². The number of aromatic nitrogens is 3. The molecule has 162 valence electrons. The Hall–Kier alpha value is -3.13. The number of fused-ring (bicyclic) bond motifs is 4. The Balaban J connectivity index is 1.63. The first-order valence-corrected chi connectivity index (χ1v) is 10.8. The van der Waals surface area contributed by atoms with Crippen LogP contribution < -0.4 is 10.1 Å². The first kappa shape index (κ1) is 19.8. The fourth-order valence-electron chi connectivity index (χ4n) is 4.05. The number of hydrogen-bond donors (Lipinski definition) is 1. The number of carbonyl (C=O) groups is 1. The third-order valence-electron chi connectivity index (χ3n) is 5.67. The third kappa shape index (κ3) is 4.20. The van der Waals surface area contributed by atoms with Crippen LogP contribution in [-0.2, 0) is 16.1 Å². The van der Waals surface area contributed by atoms with Gasteiger partial charge in [-0.25, -0.2) is 14.5 Å². The van der Waals surface area contributed by atoms with Crippen molar-refractivity contribution in [2.75, 3.05) is 13.2 Å². The molecule has 5 rings (SSSR count). The molecule has 0 saturated carbocycles. The van der Waals surface area contributed by atoms with Gasteiger partial charge in [-0.3, -0.25) is 0 Å². The summed E-state index contributed by atoms with van der Waals surface area (Å²) >= 11 is 0. The molecule has 1 aromatic carbocycles. The van der Waals surface area contributed by atoms with Crippen LogP contribution in [-0.4, -0.2) is 40.1 Å². The first-order chi connectivity index (χ1) is 15.2. The zero-order valence-electron chi connectivity index (χ0n) is 17.5. The molecule has 0 radical (unpaired) electrons. The highest BCUT2D eigenvalue weighted by molar-refractivity contribution is 5.90. The topological polar surface area (TPSA) is 87.5 Å². The summed E-state index contributed by atoms with van der Waals surface area (Å²) in [5, 5.41) is 7.69. The van der Waals surface area contributed by atoms with Crippen molar-refractivity contribution < 1.29 is 19.0 Å². The van der Waals surface area contributed by atoms with Gasteiger partial charge in [-0.15, -0.1) is 0 Å². The van der Waals surface area contributed by atoms with E-state index in [1.807, 2.05) is 48.0 Å². The number of amides is 1. The van der Waals surface area contributed by atoms with Crippen LogP contribution in [0.2, 0.25) is 0 Å². The Labute approximate surface area is 180 Å². The molecule has 2 aliphatic rings. The van der Waals surface area contributed by atoms with E-state index in [9.17, 15) is 4.79 Å². The molecule has 0 aliphatic carbocycles. The van der Waals surface area contributed by atoms with Gasteiger partial charge in [-0.1, -0.05) is 18.2 Å². The van der Waals surface area contributed by atoms with Gasteiger partial charge >= 0.3 is 6.09 Å². The zero-order chi connectivity index (χ0) is 21.2. The van der Waals surface area contributed by atoms with Crippen molar-refractivity contribution in [3.63, 3.8) is 0 Å². The smallest absolute Gasteiger partial charge is 0.407 e. The molecule has 0 spiro atoms. The standard InChI is InChI=1S/C23H26N4O4/c1-15-10-11-24-23(28)30-14-16-5-4-6-17(13-16)21-22-18(8-9-19(25-22)31-15)27(26-21)20-7-2-3-12-29-20/h4-6,8-9,13,15,20H,2-3,7,10-12,14H2,1H3,(H,24,28)/t15-,20?/m1/s1. The van der Waals surface area contributed by atoms with E-state index in [1.165, 1.54) is 0 Å². The molecule has 1 N–H and O–H groups in total. The zero-order valence-corrected chi connectivity index (χ0v) is 17.5. The van der Waals surface area contributed by atoms with Crippen LogP contribution >= 0.6 is 0 Å². The number of hydrogen-bond acceptors (Lipinski definition) is 6. The number of cyclic esters (lactones) is 1. The van der Waals surface area contributed by atoms with Gasteiger partial charge in [0.05, 0.1) is 11.6 Å². The van der Waals surface area contributed by atoms with E-state index in [0.717, 1.165) is 53.7 Å². The van der Waals surface area contributed by atoms with E-state index in [1.54, 1.807) is 0 Å². The van der Waals surface area contributed by atoms with Crippen LogP contribution in [0.4, 0.5) is 4.79 Å². The van der Waals surface area contributed by atoms with Gasteiger partial charge in [0.1, 0.15) is 17.8 Å². The van der Waals surface area contributed by atoms with E-state index < -0.39 is 6.09 Å². The number of carbonyl (C=O) groups excluding carboxylic acids is 1. The van der Waals surface area contributed by atoms with Crippen molar-refractivity contribution in [2.24, 2.45) is 0 Å². The van der Waals surface area contributed by atoms with Gasteiger partial charge in [0.25, 0.3) is 0 Å². The number of ether oxygens (including phenoxy) is 3. The minimum absolute atomic E-state index is 0.0988. The van der Waals surface area contributed by atoms with Crippen molar-refractivity contribution in [3.8, 4) is 17.1 Å². The van der Waals surface area contributed by atoms with E-state index >= 15 is 0 Å². The minimum Gasteiger partial charge on any atom is -0.475 e. The van der Waals surface area contributed by atoms with Gasteiger partial charge in [-0.05, 0) is 43.9 Å². The van der Waals surface area contributed by atoms with Crippen molar-refractivity contribution in [1.29, 1.82) is 0 Å². The second-order valence-corrected chi connectivity index (χ2v) is 8.05. The van der Waals surface area contributed by atoms with Gasteiger partial charge in [0.2, 0.25) is 5.88 Å². The Bertz CT molecular complexity index is 1090. The Morgan fingerprint density at radius 1 is 1.16 bits per heavy atom. The quantitative estimate of drug-likeness (QED) is 0.633. The number of rotatable bonds is 1. The number of pyridine rings is 1. The summed E-state index contributed by atoms with van der Waals surface area (Å²) in [6.45, 7) is 3.35. The Kier molecular flexibility index (Phi) is 5.46. The molecule has 31 heavy (non-hydrogen) atoms. The molecule has 2 aromatic heterocycles. The van der Waals surface area contributed by atoms with Gasteiger partial charge in [0, 0.05) is 31.2 Å². The van der Waals surface area contributed by atoms with Crippen LogP contribution in [0, 0.1) is 0 Å². The molecule has 1 unspecified atom stereocenters.